The van der Waals surface area contributed by atoms with Crippen LogP contribution in [0.3, 0.4) is 0 Å². The van der Waals surface area contributed by atoms with E-state index in [1.807, 2.05) is 0 Å². The molecule has 0 radical (unpaired) electrons. The highest BCUT2D eigenvalue weighted by Crippen LogP contribution is 2.31. The maximum atomic E-state index is 12.4. The maximum Gasteiger partial charge on any atom is 0.339 e. The minimum atomic E-state index is -1.20. The Kier molecular flexibility index (Phi) is 5.56. The number of benzene rings is 1. The van der Waals surface area contributed by atoms with Crippen molar-refractivity contribution in [2.24, 2.45) is 0 Å². The summed E-state index contributed by atoms with van der Waals surface area (Å²) in [4.78, 5) is 38.5. The number of aromatic carboxylic acids is 1. The van der Waals surface area contributed by atoms with E-state index in [0.717, 1.165) is 0 Å². The highest BCUT2D eigenvalue weighted by molar-refractivity contribution is 6.34. The molecule has 0 unspecified atom stereocenters. The van der Waals surface area contributed by atoms with Gasteiger partial charge in [-0.3, -0.25) is 9.59 Å². The smallest absolute Gasteiger partial charge is 0.339 e. The highest BCUT2D eigenvalue weighted by Gasteiger charge is 2.17. The lowest BCUT2D eigenvalue weighted by Crippen LogP contribution is -2.14. The van der Waals surface area contributed by atoms with Crippen LogP contribution in [0.1, 0.15) is 27.6 Å². The number of pyridine rings is 1. The van der Waals surface area contributed by atoms with Crippen LogP contribution in [0.2, 0.25) is 5.02 Å². The van der Waals surface area contributed by atoms with Crippen LogP contribution >= 0.6 is 11.6 Å². The fourth-order valence-corrected chi connectivity index (χ4v) is 2.21. The van der Waals surface area contributed by atoms with Crippen molar-refractivity contribution < 1.29 is 24.2 Å². The van der Waals surface area contributed by atoms with Crippen LogP contribution in [-0.4, -0.2) is 35.0 Å². The zero-order chi connectivity index (χ0) is 18.6. The van der Waals surface area contributed by atoms with Gasteiger partial charge in [-0.25, -0.2) is 9.78 Å². The number of rotatable bonds is 5. The minimum absolute atomic E-state index is 0.0442. The Morgan fingerprint density at radius 1 is 1.20 bits per heavy atom. The number of methoxy groups -OCH3 is 1. The highest BCUT2D eigenvalue weighted by atomic mass is 35.5. The zero-order valence-corrected chi connectivity index (χ0v) is 14.0. The normalized spacial score (nSPS) is 10.0. The number of nitrogens with one attached hydrogen (secondary N) is 2. The first kappa shape index (κ1) is 18.2. The molecule has 0 spiro atoms. The Labute approximate surface area is 147 Å². The Hall–Kier alpha value is -3.13. The molecule has 0 atom stereocenters. The van der Waals surface area contributed by atoms with Crippen LogP contribution in [0, 0.1) is 0 Å². The molecule has 3 N–H and O–H groups in total. The molecule has 130 valence electrons. The van der Waals surface area contributed by atoms with E-state index in [4.69, 9.17) is 21.4 Å². The Balaban J connectivity index is 2.29. The number of ether oxygens (including phenoxy) is 1. The van der Waals surface area contributed by atoms with Gasteiger partial charge in [-0.05, 0) is 18.2 Å². The number of hydrogen-bond acceptors (Lipinski definition) is 5. The molecule has 1 heterocycles. The number of halogens is 1. The monoisotopic (exact) mass is 363 g/mol. The molecule has 2 amide bonds. The van der Waals surface area contributed by atoms with Gasteiger partial charge in [0, 0.05) is 24.8 Å². The lowest BCUT2D eigenvalue weighted by molar-refractivity contribution is -0.114. The van der Waals surface area contributed by atoms with Gasteiger partial charge in [0.15, 0.2) is 0 Å². The molecule has 1 aromatic carbocycles. The zero-order valence-electron chi connectivity index (χ0n) is 13.3. The van der Waals surface area contributed by atoms with Crippen LogP contribution in [-0.2, 0) is 4.79 Å². The van der Waals surface area contributed by atoms with Crippen LogP contribution in [0.25, 0.3) is 0 Å². The molecule has 9 heteroatoms. The van der Waals surface area contributed by atoms with E-state index in [0.29, 0.717) is 0 Å². The van der Waals surface area contributed by atoms with Crippen LogP contribution in [0.5, 0.6) is 5.75 Å². The Bertz CT molecular complexity index is 854. The maximum absolute atomic E-state index is 12.4. The van der Waals surface area contributed by atoms with Gasteiger partial charge in [-0.15, -0.1) is 0 Å². The molecule has 0 bridgehead atoms. The minimum Gasteiger partial charge on any atom is -0.496 e. The molecule has 2 aromatic rings. The summed E-state index contributed by atoms with van der Waals surface area (Å²) in [6.07, 6.45) is 1.37. The molecule has 1 aromatic heterocycles. The van der Waals surface area contributed by atoms with E-state index in [2.05, 4.69) is 15.6 Å². The van der Waals surface area contributed by atoms with Crippen molar-refractivity contribution in [1.82, 2.24) is 4.98 Å². The number of hydrogen-bond donors (Lipinski definition) is 3. The first-order valence-corrected chi connectivity index (χ1v) is 7.35. The van der Waals surface area contributed by atoms with Crippen molar-refractivity contribution in [3.63, 3.8) is 0 Å². The predicted molar refractivity (Wildman–Crippen MR) is 91.5 cm³/mol. The average molecular weight is 364 g/mol. The fourth-order valence-electron chi connectivity index (χ4n) is 2.00. The Morgan fingerprint density at radius 2 is 1.92 bits per heavy atom. The molecule has 0 aliphatic rings. The van der Waals surface area contributed by atoms with Gasteiger partial charge < -0.3 is 20.5 Å². The summed E-state index contributed by atoms with van der Waals surface area (Å²) >= 11 is 6.03. The first-order chi connectivity index (χ1) is 11.8. The average Bonchev–Trinajstić information content (AvgIpc) is 2.55. The van der Waals surface area contributed by atoms with Gasteiger partial charge in [0.25, 0.3) is 5.91 Å². The van der Waals surface area contributed by atoms with Gasteiger partial charge in [0.1, 0.15) is 17.1 Å². The summed E-state index contributed by atoms with van der Waals surface area (Å²) in [5.41, 5.74) is 0.296. The fraction of sp³-hybridized carbons (Fsp3) is 0.125. The molecule has 0 saturated carbocycles. The second-order valence-electron chi connectivity index (χ2n) is 4.90. The SMILES string of the molecule is COc1cc(NC(=O)c2ccnc(NC(C)=O)c2)c(Cl)cc1C(=O)O. The van der Waals surface area contributed by atoms with Gasteiger partial charge in [0.2, 0.25) is 5.91 Å². The van der Waals surface area contributed by atoms with Crippen LogP contribution in [0.4, 0.5) is 11.5 Å². The van der Waals surface area contributed by atoms with Gasteiger partial charge >= 0.3 is 5.97 Å². The largest absolute Gasteiger partial charge is 0.496 e. The molecule has 0 aliphatic carbocycles. The van der Waals surface area contributed by atoms with Crippen molar-refractivity contribution in [3.8, 4) is 5.75 Å². The van der Waals surface area contributed by atoms with Gasteiger partial charge in [-0.1, -0.05) is 11.6 Å². The third-order valence-corrected chi connectivity index (χ3v) is 3.41. The van der Waals surface area contributed by atoms with E-state index in [-0.39, 0.29) is 39.3 Å². The number of anilines is 2. The summed E-state index contributed by atoms with van der Waals surface area (Å²) in [5.74, 6) is -1.75. The lowest BCUT2D eigenvalue weighted by Gasteiger charge is -2.12. The van der Waals surface area contributed by atoms with Crippen molar-refractivity contribution in [2.75, 3.05) is 17.7 Å². The quantitative estimate of drug-likeness (QED) is 0.751. The number of carbonyl (C=O) groups is 3. The Morgan fingerprint density at radius 3 is 2.52 bits per heavy atom. The molecular weight excluding hydrogens is 350 g/mol. The molecule has 0 saturated heterocycles. The van der Waals surface area contributed by atoms with Crippen molar-refractivity contribution in [1.29, 1.82) is 0 Å². The third-order valence-electron chi connectivity index (χ3n) is 3.09. The summed E-state index contributed by atoms with van der Waals surface area (Å²) < 4.78 is 5.00. The third kappa shape index (κ3) is 4.45. The number of amides is 2. The van der Waals surface area contributed by atoms with Gasteiger partial charge in [0.05, 0.1) is 17.8 Å². The van der Waals surface area contributed by atoms with E-state index >= 15 is 0 Å². The summed E-state index contributed by atoms with van der Waals surface area (Å²) in [5, 5.41) is 14.2. The number of carbonyl (C=O) groups excluding carboxylic acids is 2. The number of nitrogens with zero attached hydrogens (tertiary/aromatic N) is 1. The van der Waals surface area contributed by atoms with E-state index in [1.165, 1.54) is 44.5 Å². The topological polar surface area (TPSA) is 118 Å². The summed E-state index contributed by atoms with van der Waals surface area (Å²) in [6.45, 7) is 1.32. The van der Waals surface area contributed by atoms with Crippen molar-refractivity contribution in [2.45, 2.75) is 6.92 Å². The molecule has 8 nitrogen and oxygen atoms in total. The van der Waals surface area contributed by atoms with Crippen molar-refractivity contribution >= 4 is 40.9 Å². The van der Waals surface area contributed by atoms with Crippen LogP contribution in [0.15, 0.2) is 30.5 Å². The van der Waals surface area contributed by atoms with E-state index in [1.54, 1.807) is 0 Å². The molecular formula is C16H14ClN3O5. The van der Waals surface area contributed by atoms with Crippen LogP contribution < -0.4 is 15.4 Å². The van der Waals surface area contributed by atoms with E-state index in [9.17, 15) is 14.4 Å². The van der Waals surface area contributed by atoms with Crippen molar-refractivity contribution in [3.05, 3.63) is 46.6 Å². The molecule has 0 fully saturated rings. The predicted octanol–water partition coefficient (Wildman–Crippen LogP) is 2.65. The molecule has 25 heavy (non-hydrogen) atoms. The van der Waals surface area contributed by atoms with E-state index < -0.39 is 11.9 Å². The summed E-state index contributed by atoms with van der Waals surface area (Å²) in [7, 11) is 1.31. The second-order valence-corrected chi connectivity index (χ2v) is 5.31. The standard InChI is InChI=1S/C16H14ClN3O5/c1-8(21)19-14-5-9(3-4-18-14)15(22)20-12-7-13(25-2)10(16(23)24)6-11(12)17/h3-7H,1-2H3,(H,20,22)(H,23,24)(H,18,19,21). The molecule has 0 aliphatic heterocycles. The van der Waals surface area contributed by atoms with Gasteiger partial charge in [-0.2, -0.15) is 0 Å². The first-order valence-electron chi connectivity index (χ1n) is 6.97. The lowest BCUT2D eigenvalue weighted by atomic mass is 10.1. The number of carboxylic acid groups (broad SMARTS) is 1. The second kappa shape index (κ2) is 7.63. The number of aromatic nitrogens is 1. The number of carboxylic acids is 1. The molecule has 2 rings (SSSR count). The summed E-state index contributed by atoms with van der Waals surface area (Å²) in [6, 6.07) is 5.36.